The Balaban J connectivity index is 1.67. The first-order chi connectivity index (χ1) is 14.3. The molecule has 5 nitrogen and oxygen atoms in total. The molecule has 1 N–H and O–H groups in total. The molecule has 0 radical (unpaired) electrons. The molecule has 158 valence electrons. The van der Waals surface area contributed by atoms with Crippen LogP contribution in [0.15, 0.2) is 53.4 Å². The first-order valence-electron chi connectivity index (χ1n) is 8.94. The zero-order valence-corrected chi connectivity index (χ0v) is 17.0. The summed E-state index contributed by atoms with van der Waals surface area (Å²) in [6.07, 6.45) is -4.40. The minimum absolute atomic E-state index is 0.274. The number of rotatable bonds is 7. The number of alkyl halides is 3. The number of halogens is 3. The van der Waals surface area contributed by atoms with Gasteiger partial charge in [-0.15, -0.1) is 11.3 Å². The predicted octanol–water partition coefficient (Wildman–Crippen LogP) is 5.24. The Bertz CT molecular complexity index is 990. The summed E-state index contributed by atoms with van der Waals surface area (Å²) < 4.78 is 49.1. The van der Waals surface area contributed by atoms with Crippen LogP contribution in [0.25, 0.3) is 0 Å². The van der Waals surface area contributed by atoms with Crippen LogP contribution < -0.4 is 14.8 Å². The Hall–Kier alpha value is -3.07. The Labute approximate surface area is 175 Å². The molecule has 0 saturated carbocycles. The van der Waals surface area contributed by atoms with Gasteiger partial charge >= 0.3 is 6.18 Å². The third kappa shape index (κ3) is 5.29. The van der Waals surface area contributed by atoms with Crippen LogP contribution in [0.4, 0.5) is 13.2 Å². The van der Waals surface area contributed by atoms with Gasteiger partial charge in [-0.25, -0.2) is 4.98 Å². The number of thiazole rings is 1. The number of hydrogen-bond acceptors (Lipinski definition) is 5. The van der Waals surface area contributed by atoms with Gasteiger partial charge in [0.05, 0.1) is 29.9 Å². The minimum atomic E-state index is -4.40. The van der Waals surface area contributed by atoms with Crippen molar-refractivity contribution in [3.05, 3.63) is 75.7 Å². The van der Waals surface area contributed by atoms with E-state index in [1.165, 1.54) is 30.6 Å². The Morgan fingerprint density at radius 1 is 1.17 bits per heavy atom. The maximum Gasteiger partial charge on any atom is 0.416 e. The Morgan fingerprint density at radius 3 is 2.50 bits per heavy atom. The van der Waals surface area contributed by atoms with Crippen molar-refractivity contribution in [2.45, 2.75) is 25.7 Å². The highest BCUT2D eigenvalue weighted by molar-refractivity contribution is 7.07. The summed E-state index contributed by atoms with van der Waals surface area (Å²) in [5, 5.41) is 4.64. The Kier molecular flexibility index (Phi) is 6.61. The van der Waals surface area contributed by atoms with Gasteiger partial charge in [0.25, 0.3) is 5.91 Å². The average molecular weight is 436 g/mol. The summed E-state index contributed by atoms with van der Waals surface area (Å²) in [6, 6.07) is 8.98. The van der Waals surface area contributed by atoms with Crippen LogP contribution in [0.3, 0.4) is 0 Å². The van der Waals surface area contributed by atoms with E-state index in [1.807, 2.05) is 5.38 Å². The smallest absolute Gasteiger partial charge is 0.416 e. The molecule has 0 aliphatic rings. The van der Waals surface area contributed by atoms with E-state index >= 15 is 0 Å². The molecule has 1 aromatic heterocycles. The molecule has 30 heavy (non-hydrogen) atoms. The first kappa shape index (κ1) is 21.6. The Morgan fingerprint density at radius 2 is 1.90 bits per heavy atom. The maximum atomic E-state index is 12.7. The number of benzene rings is 2. The van der Waals surface area contributed by atoms with Gasteiger partial charge in [0.1, 0.15) is 6.61 Å². The van der Waals surface area contributed by atoms with Crippen molar-refractivity contribution in [1.82, 2.24) is 10.3 Å². The number of hydrogen-bond donors (Lipinski definition) is 1. The third-order valence-electron chi connectivity index (χ3n) is 4.37. The van der Waals surface area contributed by atoms with Gasteiger partial charge < -0.3 is 14.8 Å². The quantitative estimate of drug-likeness (QED) is 0.550. The topological polar surface area (TPSA) is 60.5 Å². The van der Waals surface area contributed by atoms with Crippen molar-refractivity contribution in [1.29, 1.82) is 0 Å². The van der Waals surface area contributed by atoms with E-state index in [0.29, 0.717) is 22.6 Å². The van der Waals surface area contributed by atoms with Crippen molar-refractivity contribution < 1.29 is 27.4 Å². The minimum Gasteiger partial charge on any atom is -0.493 e. The summed E-state index contributed by atoms with van der Waals surface area (Å²) in [6.45, 7) is 1.97. The van der Waals surface area contributed by atoms with Crippen molar-refractivity contribution >= 4 is 17.2 Å². The molecule has 1 atom stereocenters. The molecular formula is C21H19F3N2O3S. The van der Waals surface area contributed by atoms with Gasteiger partial charge in [-0.3, -0.25) is 4.79 Å². The van der Waals surface area contributed by atoms with Crippen LogP contribution in [0.1, 0.15) is 40.1 Å². The third-order valence-corrected chi connectivity index (χ3v) is 5.01. The normalized spacial score (nSPS) is 12.3. The molecule has 0 fully saturated rings. The highest BCUT2D eigenvalue weighted by Crippen LogP contribution is 2.31. The molecule has 0 spiro atoms. The molecule has 0 bridgehead atoms. The molecule has 3 rings (SSSR count). The van der Waals surface area contributed by atoms with E-state index in [1.54, 1.807) is 30.6 Å². The number of methoxy groups -OCH3 is 1. The first-order valence-corrected chi connectivity index (χ1v) is 9.88. The van der Waals surface area contributed by atoms with Crippen molar-refractivity contribution in [3.8, 4) is 11.5 Å². The lowest BCUT2D eigenvalue weighted by Gasteiger charge is -2.16. The molecular weight excluding hydrogens is 417 g/mol. The highest BCUT2D eigenvalue weighted by atomic mass is 32.1. The van der Waals surface area contributed by atoms with Crippen LogP contribution in [0, 0.1) is 0 Å². The summed E-state index contributed by atoms with van der Waals surface area (Å²) in [5.74, 6) is 0.477. The lowest BCUT2D eigenvalue weighted by molar-refractivity contribution is -0.137. The molecule has 1 heterocycles. The van der Waals surface area contributed by atoms with Crippen LogP contribution in [0.2, 0.25) is 0 Å². The van der Waals surface area contributed by atoms with Gasteiger partial charge in [0.2, 0.25) is 0 Å². The fraction of sp³-hybridized carbons (Fsp3) is 0.238. The van der Waals surface area contributed by atoms with Crippen LogP contribution in [-0.2, 0) is 12.8 Å². The van der Waals surface area contributed by atoms with E-state index < -0.39 is 17.8 Å². The van der Waals surface area contributed by atoms with E-state index in [2.05, 4.69) is 10.3 Å². The molecule has 1 amide bonds. The second-order valence-corrected chi connectivity index (χ2v) is 7.17. The number of carbonyl (C=O) groups is 1. The maximum absolute atomic E-state index is 12.7. The van der Waals surface area contributed by atoms with Crippen LogP contribution >= 0.6 is 11.3 Å². The lowest BCUT2D eigenvalue weighted by atomic mass is 10.1. The lowest BCUT2D eigenvalue weighted by Crippen LogP contribution is -2.26. The van der Waals surface area contributed by atoms with Gasteiger partial charge in [0, 0.05) is 10.9 Å². The molecule has 0 saturated heterocycles. The zero-order valence-electron chi connectivity index (χ0n) is 16.2. The second kappa shape index (κ2) is 9.17. The molecule has 3 aromatic rings. The number of carbonyl (C=O) groups excluding carboxylic acids is 1. The van der Waals surface area contributed by atoms with Gasteiger partial charge in [0.15, 0.2) is 11.5 Å². The summed E-state index contributed by atoms with van der Waals surface area (Å²) >= 11 is 1.47. The molecule has 0 aliphatic heterocycles. The van der Waals surface area contributed by atoms with E-state index in [-0.39, 0.29) is 12.5 Å². The largest absolute Gasteiger partial charge is 0.493 e. The van der Waals surface area contributed by atoms with Crippen LogP contribution in [0.5, 0.6) is 11.5 Å². The summed E-state index contributed by atoms with van der Waals surface area (Å²) in [7, 11) is 1.47. The van der Waals surface area contributed by atoms with Crippen molar-refractivity contribution in [2.75, 3.05) is 7.11 Å². The van der Waals surface area contributed by atoms with E-state index in [9.17, 15) is 18.0 Å². The summed E-state index contributed by atoms with van der Waals surface area (Å²) in [4.78, 5) is 16.7. The van der Waals surface area contributed by atoms with E-state index in [0.717, 1.165) is 17.8 Å². The number of nitrogens with one attached hydrogen (secondary N) is 1. The monoisotopic (exact) mass is 436 g/mol. The fourth-order valence-electron chi connectivity index (χ4n) is 2.71. The number of aromatic nitrogens is 1. The fourth-order valence-corrected chi connectivity index (χ4v) is 3.26. The van der Waals surface area contributed by atoms with Crippen LogP contribution in [-0.4, -0.2) is 18.0 Å². The van der Waals surface area contributed by atoms with Crippen molar-refractivity contribution in [2.24, 2.45) is 0 Å². The molecule has 9 heteroatoms. The average Bonchev–Trinajstić information content (AvgIpc) is 3.25. The SMILES string of the molecule is COc1cc(C(=O)NC(C)c2ccc(C(F)(F)F)cc2)ccc1OCc1cscn1. The van der Waals surface area contributed by atoms with Gasteiger partial charge in [-0.05, 0) is 42.8 Å². The van der Waals surface area contributed by atoms with Gasteiger partial charge in [-0.2, -0.15) is 13.2 Å². The number of ether oxygens (including phenoxy) is 2. The van der Waals surface area contributed by atoms with Gasteiger partial charge in [-0.1, -0.05) is 12.1 Å². The standard InChI is InChI=1S/C21H19F3N2O3S/c1-13(14-3-6-16(7-4-14)21(22,23)24)26-20(27)15-5-8-18(19(9-15)28-2)29-10-17-11-30-12-25-17/h3-9,11-13H,10H2,1-2H3,(H,26,27). The second-order valence-electron chi connectivity index (χ2n) is 6.45. The number of nitrogens with zero attached hydrogens (tertiary/aromatic N) is 1. The van der Waals surface area contributed by atoms with E-state index in [4.69, 9.17) is 9.47 Å². The highest BCUT2D eigenvalue weighted by Gasteiger charge is 2.30. The summed E-state index contributed by atoms with van der Waals surface area (Å²) in [5.41, 5.74) is 2.66. The molecule has 0 aliphatic carbocycles. The van der Waals surface area contributed by atoms with Crippen molar-refractivity contribution in [3.63, 3.8) is 0 Å². The zero-order chi connectivity index (χ0) is 21.7. The predicted molar refractivity (Wildman–Crippen MR) is 107 cm³/mol. The molecule has 2 aromatic carbocycles. The number of amides is 1. The molecule has 1 unspecified atom stereocenters.